The molecule has 1 unspecified atom stereocenters. The van der Waals surface area contributed by atoms with Crippen molar-refractivity contribution in [2.24, 2.45) is 0 Å². The lowest BCUT2D eigenvalue weighted by atomic mass is 10.2. The number of anilines is 1. The molecule has 2 N–H and O–H groups in total. The third-order valence-corrected chi connectivity index (χ3v) is 6.70. The largest absolute Gasteiger partial charge is 0.316 e. The van der Waals surface area contributed by atoms with Crippen molar-refractivity contribution in [3.63, 3.8) is 0 Å². The van der Waals surface area contributed by atoms with E-state index in [0.717, 1.165) is 17.9 Å². The Bertz CT molecular complexity index is 891. The summed E-state index contributed by atoms with van der Waals surface area (Å²) in [6, 6.07) is 12.8. The second-order valence-corrected chi connectivity index (χ2v) is 10.1. The fraction of sp³-hybridized carbons (Fsp3) is 0.250. The Morgan fingerprint density at radius 1 is 1.23 bits per heavy atom. The van der Waals surface area contributed by atoms with E-state index in [9.17, 15) is 23.4 Å². The van der Waals surface area contributed by atoms with Gasteiger partial charge in [-0.1, -0.05) is 30.3 Å². The standard InChI is InChI=1S/C16H20N2O6PS/c1-3-25(21,24-12-13-7-5-4-6-8-13)16-11-14(17-26(2,22)23)9-10-15(16)18(19)20/h4-11,17,21H,3,12H2,1-2H3/q+1. The van der Waals surface area contributed by atoms with Gasteiger partial charge in [0.1, 0.15) is 12.8 Å². The third kappa shape index (κ3) is 5.22. The molecule has 2 aromatic carbocycles. The van der Waals surface area contributed by atoms with Gasteiger partial charge in [-0.3, -0.25) is 14.8 Å². The number of hydrogen-bond acceptors (Lipinski definition) is 6. The summed E-state index contributed by atoms with van der Waals surface area (Å²) in [6.07, 6.45) is 1.12. The molecule has 0 saturated heterocycles. The van der Waals surface area contributed by atoms with Gasteiger partial charge >= 0.3 is 13.4 Å². The molecule has 0 aliphatic heterocycles. The average Bonchev–Trinajstić information content (AvgIpc) is 2.59. The molecule has 0 radical (unpaired) electrons. The number of nitrogens with one attached hydrogen (secondary N) is 1. The lowest BCUT2D eigenvalue weighted by molar-refractivity contribution is -0.383. The number of sulfonamides is 1. The minimum absolute atomic E-state index is 0.00502. The Kier molecular flexibility index (Phi) is 6.30. The second-order valence-electron chi connectivity index (χ2n) is 5.61. The van der Waals surface area contributed by atoms with Crippen LogP contribution in [0.15, 0.2) is 48.5 Å². The quantitative estimate of drug-likeness (QED) is 0.400. The zero-order chi connectivity index (χ0) is 19.4. The Morgan fingerprint density at radius 2 is 1.88 bits per heavy atom. The first-order chi connectivity index (χ1) is 12.1. The molecule has 1 atom stereocenters. The second kappa shape index (κ2) is 8.09. The topological polar surface area (TPSA) is 119 Å². The van der Waals surface area contributed by atoms with Crippen molar-refractivity contribution in [1.29, 1.82) is 0 Å². The predicted molar refractivity (Wildman–Crippen MR) is 102 cm³/mol. The van der Waals surface area contributed by atoms with Crippen molar-refractivity contribution in [1.82, 2.24) is 0 Å². The zero-order valence-corrected chi connectivity index (χ0v) is 16.0. The Morgan fingerprint density at radius 3 is 2.42 bits per heavy atom. The van der Waals surface area contributed by atoms with Gasteiger partial charge in [-0.2, -0.15) is 4.52 Å². The summed E-state index contributed by atoms with van der Waals surface area (Å²) >= 11 is 0. The number of nitro benzene ring substituents is 1. The van der Waals surface area contributed by atoms with E-state index in [2.05, 4.69) is 4.72 Å². The SMILES string of the molecule is CC[P+](O)(OCc1ccccc1)c1cc(NS(C)(=O)=O)ccc1[N+](=O)[O-]. The van der Waals surface area contributed by atoms with Gasteiger partial charge in [-0.25, -0.2) is 13.3 Å². The summed E-state index contributed by atoms with van der Waals surface area (Å²) in [5.74, 6) is 0. The van der Waals surface area contributed by atoms with Crippen molar-refractivity contribution >= 4 is 34.4 Å². The maximum absolute atomic E-state index is 11.4. The predicted octanol–water partition coefficient (Wildman–Crippen LogP) is 2.67. The molecule has 0 spiro atoms. The molecular formula is C16H20N2O6PS+. The maximum Gasteiger partial charge on any atom is 0.316 e. The van der Waals surface area contributed by atoms with E-state index in [0.29, 0.717) is 0 Å². The van der Waals surface area contributed by atoms with Crippen molar-refractivity contribution in [3.8, 4) is 0 Å². The van der Waals surface area contributed by atoms with Crippen molar-refractivity contribution < 1.29 is 22.8 Å². The molecule has 0 aliphatic rings. The van der Waals surface area contributed by atoms with Crippen molar-refractivity contribution in [2.75, 3.05) is 17.1 Å². The summed E-state index contributed by atoms with van der Waals surface area (Å²) in [7, 11) is -6.89. The van der Waals surface area contributed by atoms with Crippen LogP contribution in [0.3, 0.4) is 0 Å². The Hall–Kier alpha value is -2.06. The zero-order valence-electron chi connectivity index (χ0n) is 14.3. The molecule has 2 aromatic rings. The third-order valence-electron chi connectivity index (χ3n) is 3.57. The summed E-state index contributed by atoms with van der Waals surface area (Å²) in [6.45, 7) is 1.75. The van der Waals surface area contributed by atoms with Gasteiger partial charge in [0, 0.05) is 12.1 Å². The highest BCUT2D eigenvalue weighted by Crippen LogP contribution is 2.56. The molecule has 0 heterocycles. The van der Waals surface area contributed by atoms with Gasteiger partial charge in [0.2, 0.25) is 15.3 Å². The molecule has 2 rings (SSSR count). The van der Waals surface area contributed by atoms with E-state index < -0.39 is 22.7 Å². The van der Waals surface area contributed by atoms with Crippen LogP contribution in [-0.2, 0) is 21.2 Å². The van der Waals surface area contributed by atoms with Gasteiger partial charge in [0.25, 0.3) is 0 Å². The molecule has 0 saturated carbocycles. The lowest BCUT2D eigenvalue weighted by Crippen LogP contribution is -2.21. The fourth-order valence-electron chi connectivity index (χ4n) is 2.32. The first kappa shape index (κ1) is 20.3. The lowest BCUT2D eigenvalue weighted by Gasteiger charge is -2.18. The van der Waals surface area contributed by atoms with E-state index in [-0.39, 0.29) is 29.4 Å². The highest BCUT2D eigenvalue weighted by molar-refractivity contribution is 7.92. The Labute approximate surface area is 152 Å². The van der Waals surface area contributed by atoms with Gasteiger partial charge < -0.3 is 0 Å². The van der Waals surface area contributed by atoms with E-state index in [1.165, 1.54) is 12.1 Å². The molecule has 26 heavy (non-hydrogen) atoms. The number of nitrogens with zero attached hydrogens (tertiary/aromatic N) is 1. The molecule has 8 nitrogen and oxygen atoms in total. The van der Waals surface area contributed by atoms with Crippen molar-refractivity contribution in [3.05, 3.63) is 64.2 Å². The van der Waals surface area contributed by atoms with E-state index in [1.807, 2.05) is 30.3 Å². The number of rotatable bonds is 8. The minimum atomic E-state index is -3.56. The van der Waals surface area contributed by atoms with Crippen LogP contribution in [0.1, 0.15) is 12.5 Å². The molecular weight excluding hydrogens is 379 g/mol. The Balaban J connectivity index is 2.42. The van der Waals surface area contributed by atoms with Crippen molar-refractivity contribution in [2.45, 2.75) is 13.5 Å². The maximum atomic E-state index is 11.4. The summed E-state index contributed by atoms with van der Waals surface area (Å²) < 4.78 is 30.8. The smallest absolute Gasteiger partial charge is 0.284 e. The van der Waals surface area contributed by atoms with E-state index in [1.54, 1.807) is 6.92 Å². The van der Waals surface area contributed by atoms with Crippen LogP contribution in [0, 0.1) is 10.1 Å². The van der Waals surface area contributed by atoms with Crippen LogP contribution in [0.5, 0.6) is 0 Å². The molecule has 0 bridgehead atoms. The number of nitro groups is 1. The normalized spacial score (nSPS) is 13.8. The fourth-order valence-corrected chi connectivity index (χ4v) is 4.76. The van der Waals surface area contributed by atoms with Gasteiger partial charge in [0.05, 0.1) is 16.9 Å². The number of hydrogen-bond donors (Lipinski definition) is 2. The molecule has 0 fully saturated rings. The number of benzene rings is 2. The molecule has 10 heteroatoms. The van der Waals surface area contributed by atoms with Crippen LogP contribution in [-0.4, -0.2) is 30.7 Å². The van der Waals surface area contributed by atoms with Crippen LogP contribution in [0.2, 0.25) is 0 Å². The van der Waals surface area contributed by atoms with Crippen LogP contribution in [0.25, 0.3) is 0 Å². The van der Waals surface area contributed by atoms with Crippen LogP contribution >= 0.6 is 7.72 Å². The molecule has 0 amide bonds. The first-order valence-corrected chi connectivity index (χ1v) is 11.4. The van der Waals surface area contributed by atoms with E-state index in [4.69, 9.17) is 4.52 Å². The molecule has 0 aromatic heterocycles. The van der Waals surface area contributed by atoms with E-state index >= 15 is 0 Å². The highest BCUT2D eigenvalue weighted by atomic mass is 32.2. The van der Waals surface area contributed by atoms with Gasteiger partial charge in [0.15, 0.2) is 0 Å². The average molecular weight is 399 g/mol. The summed E-state index contributed by atoms with van der Waals surface area (Å²) in [4.78, 5) is 21.8. The van der Waals surface area contributed by atoms with Crippen LogP contribution < -0.4 is 10.0 Å². The first-order valence-electron chi connectivity index (χ1n) is 7.70. The highest BCUT2D eigenvalue weighted by Gasteiger charge is 2.45. The van der Waals surface area contributed by atoms with Crippen LogP contribution in [0.4, 0.5) is 11.4 Å². The summed E-state index contributed by atoms with van der Waals surface area (Å²) in [5, 5.41) is 11.4. The minimum Gasteiger partial charge on any atom is -0.284 e. The molecule has 0 aliphatic carbocycles. The van der Waals surface area contributed by atoms with Gasteiger partial charge in [-0.05, 0) is 18.6 Å². The monoisotopic (exact) mass is 399 g/mol. The molecule has 140 valence electrons. The van der Waals surface area contributed by atoms with Gasteiger partial charge in [-0.15, -0.1) is 0 Å². The summed E-state index contributed by atoms with van der Waals surface area (Å²) in [5.41, 5.74) is 0.630.